The Morgan fingerprint density at radius 3 is 2.46 bits per heavy atom. The standard InChI is InChI=1S/C10H16NOP/c1-4-11-9-7-5-6-8-10(9)13(2,3)12/h5-8,11H,4H2,1-3H3. The first-order valence-corrected chi connectivity index (χ1v) is 7.04. The van der Waals surface area contributed by atoms with Crippen LogP contribution in [0.15, 0.2) is 24.3 Å². The fourth-order valence-electron chi connectivity index (χ4n) is 1.28. The lowest BCUT2D eigenvalue weighted by molar-refractivity contribution is 0.588. The van der Waals surface area contributed by atoms with Crippen molar-refractivity contribution in [1.82, 2.24) is 0 Å². The van der Waals surface area contributed by atoms with Crippen molar-refractivity contribution >= 4 is 18.1 Å². The predicted octanol–water partition coefficient (Wildman–Crippen LogP) is 2.37. The van der Waals surface area contributed by atoms with E-state index in [1.807, 2.05) is 31.2 Å². The van der Waals surface area contributed by atoms with Gasteiger partial charge in [-0.3, -0.25) is 0 Å². The molecular formula is C10H16NOP. The zero-order chi connectivity index (χ0) is 9.90. The lowest BCUT2D eigenvalue weighted by Gasteiger charge is -2.13. The molecule has 1 aromatic rings. The zero-order valence-corrected chi connectivity index (χ0v) is 9.27. The van der Waals surface area contributed by atoms with Crippen LogP contribution in [0.3, 0.4) is 0 Å². The molecule has 0 unspecified atom stereocenters. The Bertz CT molecular complexity index is 329. The highest BCUT2D eigenvalue weighted by molar-refractivity contribution is 7.70. The highest BCUT2D eigenvalue weighted by Gasteiger charge is 2.14. The fraction of sp³-hybridized carbons (Fsp3) is 0.400. The van der Waals surface area contributed by atoms with Gasteiger partial charge >= 0.3 is 0 Å². The maximum absolute atomic E-state index is 11.9. The minimum Gasteiger partial charge on any atom is -0.385 e. The molecule has 0 atom stereocenters. The van der Waals surface area contributed by atoms with E-state index in [0.29, 0.717) is 0 Å². The largest absolute Gasteiger partial charge is 0.385 e. The van der Waals surface area contributed by atoms with E-state index in [1.54, 1.807) is 13.3 Å². The fourth-order valence-corrected chi connectivity index (χ4v) is 2.46. The Balaban J connectivity index is 3.12. The molecule has 2 nitrogen and oxygen atoms in total. The van der Waals surface area contributed by atoms with Gasteiger partial charge < -0.3 is 9.88 Å². The summed E-state index contributed by atoms with van der Waals surface area (Å²) in [6, 6.07) is 7.78. The topological polar surface area (TPSA) is 29.1 Å². The molecule has 1 N–H and O–H groups in total. The van der Waals surface area contributed by atoms with Gasteiger partial charge in [-0.15, -0.1) is 0 Å². The van der Waals surface area contributed by atoms with Gasteiger partial charge in [-0.05, 0) is 32.4 Å². The van der Waals surface area contributed by atoms with Crippen LogP contribution in [0, 0.1) is 0 Å². The first kappa shape index (κ1) is 10.3. The smallest absolute Gasteiger partial charge is 0.111 e. The van der Waals surface area contributed by atoms with Gasteiger partial charge in [0.05, 0.1) is 0 Å². The summed E-state index contributed by atoms with van der Waals surface area (Å²) in [5.74, 6) is 0. The second kappa shape index (κ2) is 3.97. The minimum atomic E-state index is -2.15. The molecule has 0 saturated heterocycles. The van der Waals surface area contributed by atoms with Crippen molar-refractivity contribution in [3.05, 3.63) is 24.3 Å². The van der Waals surface area contributed by atoms with Crippen molar-refractivity contribution in [1.29, 1.82) is 0 Å². The van der Waals surface area contributed by atoms with E-state index < -0.39 is 7.14 Å². The normalized spacial score (nSPS) is 11.3. The van der Waals surface area contributed by atoms with Gasteiger partial charge in [0.2, 0.25) is 0 Å². The molecule has 0 amide bonds. The molecule has 3 heteroatoms. The summed E-state index contributed by atoms with van der Waals surface area (Å²) in [4.78, 5) is 0. The second-order valence-electron chi connectivity index (χ2n) is 3.40. The quantitative estimate of drug-likeness (QED) is 0.754. The molecule has 0 bridgehead atoms. The predicted molar refractivity (Wildman–Crippen MR) is 59.7 cm³/mol. The van der Waals surface area contributed by atoms with Crippen LogP contribution in [0.5, 0.6) is 0 Å². The molecule has 0 aromatic heterocycles. The Labute approximate surface area is 79.7 Å². The number of anilines is 1. The summed E-state index contributed by atoms with van der Waals surface area (Å²) < 4.78 is 11.9. The van der Waals surface area contributed by atoms with Gasteiger partial charge in [-0.25, -0.2) is 0 Å². The SMILES string of the molecule is CCNc1ccccc1P(C)(C)=O. The van der Waals surface area contributed by atoms with Crippen molar-refractivity contribution < 1.29 is 4.57 Å². The van der Waals surface area contributed by atoms with Crippen LogP contribution in [0.25, 0.3) is 0 Å². The number of hydrogen-bond acceptors (Lipinski definition) is 2. The van der Waals surface area contributed by atoms with Gasteiger partial charge in [0.25, 0.3) is 0 Å². The Morgan fingerprint density at radius 1 is 1.31 bits per heavy atom. The summed E-state index contributed by atoms with van der Waals surface area (Å²) in [6.07, 6.45) is 0. The molecule has 0 aliphatic carbocycles. The number of hydrogen-bond donors (Lipinski definition) is 1. The van der Waals surface area contributed by atoms with Gasteiger partial charge in [0, 0.05) is 17.5 Å². The van der Waals surface area contributed by atoms with Crippen molar-refractivity contribution in [3.63, 3.8) is 0 Å². The molecule has 0 aliphatic heterocycles. The number of para-hydroxylation sites is 1. The van der Waals surface area contributed by atoms with Crippen molar-refractivity contribution in [3.8, 4) is 0 Å². The Morgan fingerprint density at radius 2 is 1.92 bits per heavy atom. The summed E-state index contributed by atoms with van der Waals surface area (Å²) in [7, 11) is -2.15. The van der Waals surface area contributed by atoms with Gasteiger partial charge in [0.1, 0.15) is 7.14 Å². The van der Waals surface area contributed by atoms with Gasteiger partial charge in [-0.1, -0.05) is 12.1 Å². The maximum Gasteiger partial charge on any atom is 0.111 e. The Hall–Kier alpha value is -0.750. The monoisotopic (exact) mass is 197 g/mol. The molecule has 72 valence electrons. The highest BCUT2D eigenvalue weighted by atomic mass is 31.2. The molecule has 0 fully saturated rings. The molecule has 0 aliphatic rings. The van der Waals surface area contributed by atoms with E-state index in [2.05, 4.69) is 5.32 Å². The van der Waals surface area contributed by atoms with E-state index >= 15 is 0 Å². The van der Waals surface area contributed by atoms with Crippen LogP contribution in [0.2, 0.25) is 0 Å². The summed E-state index contributed by atoms with van der Waals surface area (Å²) in [6.45, 7) is 6.48. The number of benzene rings is 1. The molecule has 13 heavy (non-hydrogen) atoms. The van der Waals surface area contributed by atoms with Crippen LogP contribution in [-0.2, 0) is 4.57 Å². The molecule has 1 aromatic carbocycles. The summed E-state index contributed by atoms with van der Waals surface area (Å²) in [5.41, 5.74) is 0.998. The molecule has 1 rings (SSSR count). The van der Waals surface area contributed by atoms with Gasteiger partial charge in [-0.2, -0.15) is 0 Å². The highest BCUT2D eigenvalue weighted by Crippen LogP contribution is 2.37. The lowest BCUT2D eigenvalue weighted by Crippen LogP contribution is -2.11. The van der Waals surface area contributed by atoms with E-state index in [0.717, 1.165) is 17.5 Å². The third-order valence-electron chi connectivity index (χ3n) is 1.85. The van der Waals surface area contributed by atoms with E-state index in [1.165, 1.54) is 0 Å². The van der Waals surface area contributed by atoms with Crippen LogP contribution in [-0.4, -0.2) is 19.9 Å². The summed E-state index contributed by atoms with van der Waals surface area (Å²) in [5, 5.41) is 4.15. The maximum atomic E-state index is 11.9. The molecule has 0 saturated carbocycles. The number of rotatable bonds is 3. The minimum absolute atomic E-state index is 0.858. The first-order valence-electron chi connectivity index (χ1n) is 4.44. The average molecular weight is 197 g/mol. The van der Waals surface area contributed by atoms with E-state index in [-0.39, 0.29) is 0 Å². The van der Waals surface area contributed by atoms with Crippen LogP contribution in [0.1, 0.15) is 6.92 Å². The Kier molecular flexibility index (Phi) is 3.16. The van der Waals surface area contributed by atoms with Gasteiger partial charge in [0.15, 0.2) is 0 Å². The summed E-state index contributed by atoms with van der Waals surface area (Å²) >= 11 is 0. The first-order chi connectivity index (χ1) is 6.05. The zero-order valence-electron chi connectivity index (χ0n) is 8.37. The average Bonchev–Trinajstić information content (AvgIpc) is 2.04. The van der Waals surface area contributed by atoms with Crippen molar-refractivity contribution in [2.75, 3.05) is 25.2 Å². The third-order valence-corrected chi connectivity index (χ3v) is 3.40. The third kappa shape index (κ3) is 2.60. The van der Waals surface area contributed by atoms with E-state index in [9.17, 15) is 4.57 Å². The molecular weight excluding hydrogens is 181 g/mol. The molecule has 0 radical (unpaired) electrons. The molecule has 0 spiro atoms. The lowest BCUT2D eigenvalue weighted by atomic mass is 10.3. The van der Waals surface area contributed by atoms with Crippen molar-refractivity contribution in [2.45, 2.75) is 6.92 Å². The van der Waals surface area contributed by atoms with E-state index in [4.69, 9.17) is 0 Å². The molecule has 0 heterocycles. The second-order valence-corrected chi connectivity index (χ2v) is 6.58. The number of nitrogens with one attached hydrogen (secondary N) is 1. The van der Waals surface area contributed by atoms with Crippen LogP contribution >= 0.6 is 7.14 Å². The van der Waals surface area contributed by atoms with Crippen LogP contribution in [0.4, 0.5) is 5.69 Å². The van der Waals surface area contributed by atoms with Crippen LogP contribution < -0.4 is 10.6 Å². The van der Waals surface area contributed by atoms with Crippen molar-refractivity contribution in [2.24, 2.45) is 0 Å².